The summed E-state index contributed by atoms with van der Waals surface area (Å²) in [6.45, 7) is 2.27. The van der Waals surface area contributed by atoms with Gasteiger partial charge in [0.05, 0.1) is 0 Å². The predicted octanol–water partition coefficient (Wildman–Crippen LogP) is 1.88. The molecule has 0 aromatic rings. The lowest BCUT2D eigenvalue weighted by Gasteiger charge is -2.29. The first kappa shape index (κ1) is 11.3. The SMILES string of the molecule is CCCC1CCC(NC(N)=NC)CC1. The quantitative estimate of drug-likeness (QED) is 0.536. The van der Waals surface area contributed by atoms with Gasteiger partial charge < -0.3 is 11.1 Å². The fourth-order valence-electron chi connectivity index (χ4n) is 2.28. The van der Waals surface area contributed by atoms with Gasteiger partial charge in [0.15, 0.2) is 5.96 Å². The molecule has 0 radical (unpaired) electrons. The molecule has 0 aliphatic heterocycles. The molecule has 0 aromatic carbocycles. The number of hydrogen-bond donors (Lipinski definition) is 2. The van der Waals surface area contributed by atoms with Crippen LogP contribution in [-0.2, 0) is 0 Å². The number of guanidine groups is 1. The van der Waals surface area contributed by atoms with Crippen LogP contribution in [0.15, 0.2) is 4.99 Å². The van der Waals surface area contributed by atoms with Crippen molar-refractivity contribution in [2.24, 2.45) is 16.6 Å². The van der Waals surface area contributed by atoms with E-state index in [0.717, 1.165) is 5.92 Å². The molecule has 1 aliphatic carbocycles. The Bertz CT molecular complexity index is 181. The maximum Gasteiger partial charge on any atom is 0.188 e. The lowest BCUT2D eigenvalue weighted by Crippen LogP contribution is -2.41. The summed E-state index contributed by atoms with van der Waals surface area (Å²) in [4.78, 5) is 3.92. The molecule has 1 fully saturated rings. The van der Waals surface area contributed by atoms with E-state index in [1.54, 1.807) is 7.05 Å². The Morgan fingerprint density at radius 2 is 2.00 bits per heavy atom. The minimum Gasteiger partial charge on any atom is -0.370 e. The van der Waals surface area contributed by atoms with Gasteiger partial charge in [-0.25, -0.2) is 0 Å². The summed E-state index contributed by atoms with van der Waals surface area (Å²) in [5.74, 6) is 1.54. The number of rotatable bonds is 3. The van der Waals surface area contributed by atoms with Crippen molar-refractivity contribution in [1.82, 2.24) is 5.32 Å². The highest BCUT2D eigenvalue weighted by Crippen LogP contribution is 2.27. The summed E-state index contributed by atoms with van der Waals surface area (Å²) in [5.41, 5.74) is 5.64. The van der Waals surface area contributed by atoms with Gasteiger partial charge in [-0.1, -0.05) is 19.8 Å². The molecule has 3 N–H and O–H groups in total. The van der Waals surface area contributed by atoms with Gasteiger partial charge in [-0.2, -0.15) is 0 Å². The molecule has 1 aliphatic rings. The van der Waals surface area contributed by atoms with E-state index in [4.69, 9.17) is 5.73 Å². The molecule has 0 saturated heterocycles. The second-order valence-corrected chi connectivity index (χ2v) is 4.26. The normalized spacial score (nSPS) is 28.9. The van der Waals surface area contributed by atoms with Crippen LogP contribution in [0.5, 0.6) is 0 Å². The smallest absolute Gasteiger partial charge is 0.188 e. The first-order chi connectivity index (χ1) is 6.76. The van der Waals surface area contributed by atoms with E-state index in [-0.39, 0.29) is 0 Å². The molecule has 1 saturated carbocycles. The predicted molar refractivity (Wildman–Crippen MR) is 61.3 cm³/mol. The molecule has 0 aromatic heterocycles. The second kappa shape index (κ2) is 5.89. The van der Waals surface area contributed by atoms with Crippen molar-refractivity contribution < 1.29 is 0 Å². The second-order valence-electron chi connectivity index (χ2n) is 4.26. The van der Waals surface area contributed by atoms with E-state index in [1.165, 1.54) is 38.5 Å². The van der Waals surface area contributed by atoms with Crippen molar-refractivity contribution in [2.75, 3.05) is 7.05 Å². The molecule has 1 rings (SSSR count). The Morgan fingerprint density at radius 3 is 2.50 bits per heavy atom. The Kier molecular flexibility index (Phi) is 4.77. The van der Waals surface area contributed by atoms with Crippen LogP contribution in [-0.4, -0.2) is 19.0 Å². The van der Waals surface area contributed by atoms with E-state index in [2.05, 4.69) is 17.2 Å². The minimum atomic E-state index is 0.562. The lowest BCUT2D eigenvalue weighted by atomic mass is 9.83. The number of aliphatic imine (C=N–C) groups is 1. The van der Waals surface area contributed by atoms with Gasteiger partial charge >= 0.3 is 0 Å². The van der Waals surface area contributed by atoms with Gasteiger partial charge in [-0.05, 0) is 31.6 Å². The first-order valence-corrected chi connectivity index (χ1v) is 5.75. The Balaban J connectivity index is 2.22. The Morgan fingerprint density at radius 1 is 1.36 bits per heavy atom. The Labute approximate surface area is 87.2 Å². The van der Waals surface area contributed by atoms with Crippen LogP contribution >= 0.6 is 0 Å². The van der Waals surface area contributed by atoms with Gasteiger partial charge in [0.2, 0.25) is 0 Å². The van der Waals surface area contributed by atoms with Crippen LogP contribution in [0.3, 0.4) is 0 Å². The van der Waals surface area contributed by atoms with Crippen molar-refractivity contribution in [2.45, 2.75) is 51.5 Å². The van der Waals surface area contributed by atoms with Crippen molar-refractivity contribution in [3.63, 3.8) is 0 Å². The number of nitrogens with two attached hydrogens (primary N) is 1. The van der Waals surface area contributed by atoms with Gasteiger partial charge in [-0.15, -0.1) is 0 Å². The van der Waals surface area contributed by atoms with Crippen LogP contribution < -0.4 is 11.1 Å². The van der Waals surface area contributed by atoms with E-state index < -0.39 is 0 Å². The minimum absolute atomic E-state index is 0.562. The number of nitrogens with zero attached hydrogens (tertiary/aromatic N) is 1. The highest BCUT2D eigenvalue weighted by Gasteiger charge is 2.20. The van der Waals surface area contributed by atoms with E-state index >= 15 is 0 Å². The zero-order chi connectivity index (χ0) is 10.4. The summed E-state index contributed by atoms with van der Waals surface area (Å²) in [5, 5.41) is 3.26. The molecule has 14 heavy (non-hydrogen) atoms. The lowest BCUT2D eigenvalue weighted by molar-refractivity contribution is 0.295. The molecule has 0 spiro atoms. The zero-order valence-electron chi connectivity index (χ0n) is 9.42. The summed E-state index contributed by atoms with van der Waals surface area (Å²) in [6.07, 6.45) is 7.91. The van der Waals surface area contributed by atoms with Gasteiger partial charge in [0.25, 0.3) is 0 Å². The fourth-order valence-corrected chi connectivity index (χ4v) is 2.28. The standard InChI is InChI=1S/C11H23N3/c1-3-4-9-5-7-10(8-6-9)14-11(12)13-2/h9-10H,3-8H2,1-2H3,(H3,12,13,14). The number of hydrogen-bond acceptors (Lipinski definition) is 1. The molecule has 0 unspecified atom stereocenters. The molecular formula is C11H23N3. The molecule has 0 atom stereocenters. The van der Waals surface area contributed by atoms with Crippen molar-refractivity contribution in [3.8, 4) is 0 Å². The molecule has 0 amide bonds. The zero-order valence-corrected chi connectivity index (χ0v) is 9.42. The van der Waals surface area contributed by atoms with Gasteiger partial charge in [0.1, 0.15) is 0 Å². The Hall–Kier alpha value is -0.730. The average molecular weight is 197 g/mol. The topological polar surface area (TPSA) is 50.4 Å². The van der Waals surface area contributed by atoms with Crippen LogP contribution in [0.1, 0.15) is 45.4 Å². The van der Waals surface area contributed by atoms with Crippen LogP contribution in [0.2, 0.25) is 0 Å². The summed E-state index contributed by atoms with van der Waals surface area (Å²) in [6, 6.07) is 0.562. The summed E-state index contributed by atoms with van der Waals surface area (Å²) < 4.78 is 0. The van der Waals surface area contributed by atoms with Gasteiger partial charge in [-0.3, -0.25) is 4.99 Å². The summed E-state index contributed by atoms with van der Waals surface area (Å²) in [7, 11) is 1.73. The third-order valence-electron chi connectivity index (χ3n) is 3.14. The molecule has 3 heteroatoms. The third kappa shape index (κ3) is 3.56. The average Bonchev–Trinajstić information content (AvgIpc) is 2.21. The molecule has 0 heterocycles. The number of nitrogens with one attached hydrogen (secondary N) is 1. The third-order valence-corrected chi connectivity index (χ3v) is 3.14. The summed E-state index contributed by atoms with van der Waals surface area (Å²) >= 11 is 0. The largest absolute Gasteiger partial charge is 0.370 e. The van der Waals surface area contributed by atoms with Crippen molar-refractivity contribution >= 4 is 5.96 Å². The molecule has 0 bridgehead atoms. The molecule has 82 valence electrons. The van der Waals surface area contributed by atoms with Crippen molar-refractivity contribution in [3.05, 3.63) is 0 Å². The van der Waals surface area contributed by atoms with E-state index in [1.807, 2.05) is 0 Å². The monoisotopic (exact) mass is 197 g/mol. The fraction of sp³-hybridized carbons (Fsp3) is 0.909. The molecule has 3 nitrogen and oxygen atoms in total. The van der Waals surface area contributed by atoms with E-state index in [0.29, 0.717) is 12.0 Å². The van der Waals surface area contributed by atoms with E-state index in [9.17, 15) is 0 Å². The van der Waals surface area contributed by atoms with Gasteiger partial charge in [0, 0.05) is 13.1 Å². The molecular weight excluding hydrogens is 174 g/mol. The van der Waals surface area contributed by atoms with Crippen LogP contribution in [0.4, 0.5) is 0 Å². The first-order valence-electron chi connectivity index (χ1n) is 5.75. The highest BCUT2D eigenvalue weighted by atomic mass is 15.1. The van der Waals surface area contributed by atoms with Crippen LogP contribution in [0, 0.1) is 5.92 Å². The highest BCUT2D eigenvalue weighted by molar-refractivity contribution is 5.77. The van der Waals surface area contributed by atoms with Crippen LogP contribution in [0.25, 0.3) is 0 Å². The maximum absolute atomic E-state index is 5.64. The van der Waals surface area contributed by atoms with Crippen molar-refractivity contribution in [1.29, 1.82) is 0 Å². The maximum atomic E-state index is 5.64.